The molecule has 2 N–H and O–H groups in total. The van der Waals surface area contributed by atoms with Crippen LogP contribution in [0.2, 0.25) is 0 Å². The van der Waals surface area contributed by atoms with E-state index < -0.39 is 15.9 Å². The van der Waals surface area contributed by atoms with Crippen molar-refractivity contribution >= 4 is 38.7 Å². The summed E-state index contributed by atoms with van der Waals surface area (Å²) in [5, 5.41) is 2.95. The molecule has 1 fully saturated rings. The molecule has 0 aliphatic carbocycles. The van der Waals surface area contributed by atoms with Crippen molar-refractivity contribution in [1.82, 2.24) is 4.90 Å². The molecule has 2 heterocycles. The largest absolute Gasteiger partial charge is 0.325 e. The van der Waals surface area contributed by atoms with Crippen molar-refractivity contribution in [1.29, 1.82) is 0 Å². The quantitative estimate of drug-likeness (QED) is 0.337. The third-order valence-corrected chi connectivity index (χ3v) is 9.11. The molecule has 1 amide bonds. The van der Waals surface area contributed by atoms with E-state index in [1.54, 1.807) is 25.1 Å². The van der Waals surface area contributed by atoms with Gasteiger partial charge in [0.05, 0.1) is 17.2 Å². The van der Waals surface area contributed by atoms with Crippen LogP contribution < -0.4 is 10.0 Å². The normalized spacial score (nSPS) is 21.9. The number of fused-ring (bicyclic) bond motifs is 1. The minimum atomic E-state index is -3.45. The minimum absolute atomic E-state index is 0.0347. The zero-order valence-corrected chi connectivity index (χ0v) is 23.5. The fourth-order valence-corrected chi connectivity index (χ4v) is 6.20. The first-order valence-corrected chi connectivity index (χ1v) is 15.3. The van der Waals surface area contributed by atoms with Gasteiger partial charge in [0.2, 0.25) is 15.9 Å². The van der Waals surface area contributed by atoms with Gasteiger partial charge in [-0.1, -0.05) is 48.9 Å². The predicted molar refractivity (Wildman–Crippen MR) is 158 cm³/mol. The Labute approximate surface area is 231 Å². The van der Waals surface area contributed by atoms with Crippen molar-refractivity contribution in [2.45, 2.75) is 64.6 Å². The highest BCUT2D eigenvalue weighted by molar-refractivity contribution is 7.92. The summed E-state index contributed by atoms with van der Waals surface area (Å²) < 4.78 is 27.0. The van der Waals surface area contributed by atoms with Gasteiger partial charge in [0.25, 0.3) is 0 Å². The van der Waals surface area contributed by atoms with Gasteiger partial charge in [0.1, 0.15) is 5.92 Å². The predicted octanol–water partition coefficient (Wildman–Crippen LogP) is 6.07. The Balaban J connectivity index is 1.48. The van der Waals surface area contributed by atoms with Gasteiger partial charge in [-0.2, -0.15) is 0 Å². The van der Waals surface area contributed by atoms with E-state index in [9.17, 15) is 13.2 Å². The average Bonchev–Trinajstić information content (AvgIpc) is 3.25. The van der Waals surface area contributed by atoms with E-state index in [4.69, 9.17) is 4.99 Å². The number of aliphatic imine (C=N–C) groups is 1. The maximum Gasteiger partial charge on any atom is 0.238 e. The number of sulfonamides is 1. The number of nitrogens with zero attached hydrogens (tertiary/aromatic N) is 2. The van der Waals surface area contributed by atoms with Crippen molar-refractivity contribution in [3.05, 3.63) is 89.5 Å². The van der Waals surface area contributed by atoms with Gasteiger partial charge in [-0.25, -0.2) is 8.42 Å². The lowest BCUT2D eigenvalue weighted by molar-refractivity contribution is -0.115. The van der Waals surface area contributed by atoms with Crippen molar-refractivity contribution in [3.63, 3.8) is 0 Å². The van der Waals surface area contributed by atoms with Crippen molar-refractivity contribution in [2.24, 2.45) is 4.99 Å². The van der Waals surface area contributed by atoms with Crippen LogP contribution in [0.1, 0.15) is 62.6 Å². The van der Waals surface area contributed by atoms with E-state index in [0.29, 0.717) is 34.7 Å². The number of rotatable bonds is 8. The first kappa shape index (κ1) is 27.1. The van der Waals surface area contributed by atoms with E-state index in [0.717, 1.165) is 17.8 Å². The Morgan fingerprint density at radius 1 is 1.00 bits per heavy atom. The molecule has 1 saturated heterocycles. The number of carbonyl (C=O) groups is 1. The van der Waals surface area contributed by atoms with Gasteiger partial charge in [-0.05, 0) is 80.6 Å². The Hall–Kier alpha value is -3.49. The minimum Gasteiger partial charge on any atom is -0.325 e. The van der Waals surface area contributed by atoms with Gasteiger partial charge in [-0.3, -0.25) is 19.4 Å². The Kier molecular flexibility index (Phi) is 7.86. The van der Waals surface area contributed by atoms with Crippen LogP contribution in [-0.4, -0.2) is 42.8 Å². The van der Waals surface area contributed by atoms with Crippen molar-refractivity contribution in [3.8, 4) is 0 Å². The zero-order chi connectivity index (χ0) is 27.6. The molecule has 3 aromatic rings. The molecular weight excluding hydrogens is 508 g/mol. The second-order valence-electron chi connectivity index (χ2n) is 10.6. The molecule has 0 saturated carbocycles. The summed E-state index contributed by atoms with van der Waals surface area (Å²) in [6, 6.07) is 24.2. The summed E-state index contributed by atoms with van der Waals surface area (Å²) in [5.41, 5.74) is 5.25. The molecule has 0 bridgehead atoms. The molecule has 7 nitrogen and oxygen atoms in total. The molecule has 0 aromatic heterocycles. The van der Waals surface area contributed by atoms with E-state index in [-0.39, 0.29) is 11.7 Å². The molecule has 2 aliphatic heterocycles. The van der Waals surface area contributed by atoms with Gasteiger partial charge in [0.15, 0.2) is 0 Å². The van der Waals surface area contributed by atoms with Gasteiger partial charge in [0, 0.05) is 30.0 Å². The van der Waals surface area contributed by atoms with E-state index in [1.807, 2.05) is 42.5 Å². The molecule has 8 heteroatoms. The fraction of sp³-hybridized carbons (Fsp3) is 0.355. The summed E-state index contributed by atoms with van der Waals surface area (Å²) in [7, 11) is -3.45. The lowest BCUT2D eigenvalue weighted by atomic mass is 9.90. The van der Waals surface area contributed by atoms with Crippen LogP contribution in [0.25, 0.3) is 0 Å². The Morgan fingerprint density at radius 3 is 2.36 bits per heavy atom. The maximum absolute atomic E-state index is 13.3. The first-order chi connectivity index (χ1) is 18.7. The maximum atomic E-state index is 13.3. The van der Waals surface area contributed by atoms with Crippen LogP contribution in [-0.2, 0) is 21.4 Å². The highest BCUT2D eigenvalue weighted by Crippen LogP contribution is 2.38. The second kappa shape index (κ2) is 11.3. The van der Waals surface area contributed by atoms with Crippen molar-refractivity contribution in [2.75, 3.05) is 15.8 Å². The summed E-state index contributed by atoms with van der Waals surface area (Å²) in [6.45, 7) is 7.11. The molecule has 5 rings (SSSR count). The number of likely N-dealkylation sites (tertiary alicyclic amines) is 1. The van der Waals surface area contributed by atoms with Crippen LogP contribution >= 0.6 is 0 Å². The zero-order valence-electron chi connectivity index (χ0n) is 22.7. The molecule has 3 aromatic carbocycles. The number of benzene rings is 3. The number of amides is 1. The highest BCUT2D eigenvalue weighted by atomic mass is 32.2. The molecule has 204 valence electrons. The van der Waals surface area contributed by atoms with Crippen LogP contribution in [0, 0.1) is 0 Å². The number of hydrogen-bond donors (Lipinski definition) is 2. The van der Waals surface area contributed by atoms with Gasteiger partial charge < -0.3 is 5.32 Å². The Bertz CT molecular complexity index is 1460. The van der Waals surface area contributed by atoms with Crippen LogP contribution in [0.15, 0.2) is 77.8 Å². The molecule has 0 spiro atoms. The van der Waals surface area contributed by atoms with E-state index in [1.165, 1.54) is 24.8 Å². The molecule has 2 aliphatic rings. The molecule has 3 unspecified atom stereocenters. The van der Waals surface area contributed by atoms with Gasteiger partial charge >= 0.3 is 0 Å². The standard InChI is InChI=1S/C31H36N4O3S/c1-4-39(37,38)34-26-17-18-28-27(19-26)29(31(36)33-28)30(24-11-6-5-7-12-24)32-25-15-13-23(14-16-25)20-35-21(2)9-8-10-22(35)3/h5-7,11-19,21-22,29,34H,4,8-10,20H2,1-3H3,(H,33,36). The molecule has 39 heavy (non-hydrogen) atoms. The summed E-state index contributed by atoms with van der Waals surface area (Å²) >= 11 is 0. The lowest BCUT2D eigenvalue weighted by Gasteiger charge is -2.39. The molecular formula is C31H36N4O3S. The summed E-state index contributed by atoms with van der Waals surface area (Å²) in [6.07, 6.45) is 3.76. The second-order valence-corrected chi connectivity index (χ2v) is 12.6. The Morgan fingerprint density at radius 2 is 1.69 bits per heavy atom. The number of nitrogens with one attached hydrogen (secondary N) is 2. The van der Waals surface area contributed by atoms with Gasteiger partial charge in [-0.15, -0.1) is 0 Å². The smallest absolute Gasteiger partial charge is 0.238 e. The monoisotopic (exact) mass is 544 g/mol. The third-order valence-electron chi connectivity index (χ3n) is 7.81. The topological polar surface area (TPSA) is 90.9 Å². The van der Waals surface area contributed by atoms with Crippen LogP contribution in [0.5, 0.6) is 0 Å². The summed E-state index contributed by atoms with van der Waals surface area (Å²) in [4.78, 5) is 20.9. The van der Waals surface area contributed by atoms with E-state index >= 15 is 0 Å². The molecule has 0 radical (unpaired) electrons. The fourth-order valence-electron chi connectivity index (χ4n) is 5.57. The third kappa shape index (κ3) is 6.07. The molecule has 3 atom stereocenters. The average molecular weight is 545 g/mol. The van der Waals surface area contributed by atoms with Crippen LogP contribution in [0.4, 0.5) is 17.1 Å². The first-order valence-electron chi connectivity index (χ1n) is 13.7. The lowest BCUT2D eigenvalue weighted by Crippen LogP contribution is -2.42. The number of anilines is 2. The highest BCUT2D eigenvalue weighted by Gasteiger charge is 2.36. The summed E-state index contributed by atoms with van der Waals surface area (Å²) in [5.74, 6) is -0.900. The number of piperidine rings is 1. The number of hydrogen-bond acceptors (Lipinski definition) is 5. The SMILES string of the molecule is CCS(=O)(=O)Nc1ccc2c(c1)C(C(=Nc1ccc(CN3C(C)CCCC3C)cc1)c1ccccc1)C(=O)N2. The van der Waals surface area contributed by atoms with E-state index in [2.05, 4.69) is 40.9 Å². The number of carbonyl (C=O) groups excluding carboxylic acids is 1. The van der Waals surface area contributed by atoms with Crippen molar-refractivity contribution < 1.29 is 13.2 Å². The van der Waals surface area contributed by atoms with Crippen LogP contribution in [0.3, 0.4) is 0 Å².